The first kappa shape index (κ1) is 34.5. The summed E-state index contributed by atoms with van der Waals surface area (Å²) in [5.74, 6) is -5.29. The third-order valence-electron chi connectivity index (χ3n) is 11.2. The topological polar surface area (TPSA) is 116 Å². The standard InChI is InChI=1S/C42H35ClFN3O6/c1-2-24-3-15-30(16-4-24)46-38(49)33-20-19-32-34(36(33)40(46)51)23-35-39(50)47(45-29-13-11-28(44)12-14-29)41(52)42(35,26-7-9-27(43)10-8-26)37(32)25-5-17-31(18-6-25)53-22-21-48/h2-19,33-37,45,48H,1,20-23H2. The molecule has 1 saturated carbocycles. The number of allylic oxidation sites excluding steroid dienone is 2. The normalized spacial score (nSPS) is 26.2. The summed E-state index contributed by atoms with van der Waals surface area (Å²) in [6, 6.07) is 26.5. The second kappa shape index (κ2) is 13.4. The number of amides is 4. The van der Waals surface area contributed by atoms with E-state index in [9.17, 15) is 23.9 Å². The van der Waals surface area contributed by atoms with Crippen LogP contribution in [0.1, 0.15) is 35.4 Å². The number of hydrogen-bond acceptors (Lipinski definition) is 7. The Balaban J connectivity index is 1.29. The molecule has 8 rings (SSSR count). The lowest BCUT2D eigenvalue weighted by Gasteiger charge is -2.50. The van der Waals surface area contributed by atoms with Gasteiger partial charge in [-0.2, -0.15) is 5.01 Å². The number of carbonyl (C=O) groups excluding carboxylic acids is 4. The minimum atomic E-state index is -1.50. The first-order chi connectivity index (χ1) is 25.7. The molecule has 0 radical (unpaired) electrons. The number of anilines is 2. The van der Waals surface area contributed by atoms with Gasteiger partial charge >= 0.3 is 0 Å². The Hall–Kier alpha value is -5.58. The fourth-order valence-electron chi connectivity index (χ4n) is 8.96. The number of nitrogens with zero attached hydrogens (tertiary/aromatic N) is 2. The van der Waals surface area contributed by atoms with Gasteiger partial charge < -0.3 is 9.84 Å². The largest absolute Gasteiger partial charge is 0.491 e. The molecular formula is C42H35ClFN3O6. The molecule has 2 heterocycles. The highest BCUT2D eigenvalue weighted by Crippen LogP contribution is 2.64. The molecule has 0 aromatic heterocycles. The van der Waals surface area contributed by atoms with Gasteiger partial charge in [0, 0.05) is 10.9 Å². The Morgan fingerprint density at radius 3 is 2.25 bits per heavy atom. The van der Waals surface area contributed by atoms with Crippen LogP contribution in [0.4, 0.5) is 15.8 Å². The van der Waals surface area contributed by atoms with Crippen LogP contribution in [0.3, 0.4) is 0 Å². The van der Waals surface area contributed by atoms with Crippen molar-refractivity contribution >= 4 is 52.7 Å². The molecule has 0 bridgehead atoms. The van der Waals surface area contributed by atoms with Crippen LogP contribution >= 0.6 is 11.6 Å². The molecule has 2 saturated heterocycles. The molecule has 6 atom stereocenters. The highest BCUT2D eigenvalue weighted by Gasteiger charge is 2.70. The fraction of sp³-hybridized carbons (Fsp3) is 0.238. The first-order valence-corrected chi connectivity index (χ1v) is 17.9. The van der Waals surface area contributed by atoms with Gasteiger partial charge in [-0.1, -0.05) is 72.3 Å². The number of imide groups is 2. The van der Waals surface area contributed by atoms with Crippen LogP contribution in [-0.2, 0) is 24.6 Å². The van der Waals surface area contributed by atoms with Gasteiger partial charge in [-0.05, 0) is 96.1 Å². The van der Waals surface area contributed by atoms with E-state index in [0.717, 1.165) is 16.1 Å². The van der Waals surface area contributed by atoms with Crippen molar-refractivity contribution in [3.05, 3.63) is 143 Å². The van der Waals surface area contributed by atoms with E-state index in [1.54, 1.807) is 66.7 Å². The smallest absolute Gasteiger partial charge is 0.260 e. The second-order valence-corrected chi connectivity index (χ2v) is 14.3. The Labute approximate surface area is 310 Å². The predicted molar refractivity (Wildman–Crippen MR) is 197 cm³/mol. The molecule has 4 amide bonds. The van der Waals surface area contributed by atoms with Crippen molar-refractivity contribution in [2.45, 2.75) is 24.2 Å². The van der Waals surface area contributed by atoms with Crippen LogP contribution in [0.5, 0.6) is 5.75 Å². The van der Waals surface area contributed by atoms with E-state index in [-0.39, 0.29) is 37.9 Å². The van der Waals surface area contributed by atoms with Gasteiger partial charge in [0.1, 0.15) is 18.2 Å². The number of hydrazine groups is 1. The number of aliphatic hydroxyl groups is 1. The Kier molecular flexibility index (Phi) is 8.75. The predicted octanol–water partition coefficient (Wildman–Crippen LogP) is 6.68. The highest BCUT2D eigenvalue weighted by molar-refractivity contribution is 6.30. The number of aliphatic hydroxyl groups excluding tert-OH is 1. The lowest BCUT2D eigenvalue weighted by atomic mass is 9.49. The van der Waals surface area contributed by atoms with E-state index >= 15 is 4.79 Å². The van der Waals surface area contributed by atoms with E-state index in [0.29, 0.717) is 33.3 Å². The van der Waals surface area contributed by atoms with Crippen LogP contribution in [0, 0.1) is 29.5 Å². The van der Waals surface area contributed by atoms with E-state index in [1.165, 1.54) is 29.2 Å². The van der Waals surface area contributed by atoms with Crippen LogP contribution in [0.25, 0.3) is 6.08 Å². The number of nitrogens with one attached hydrogen (secondary N) is 1. The maximum absolute atomic E-state index is 15.2. The van der Waals surface area contributed by atoms with Gasteiger partial charge in [-0.15, -0.1) is 0 Å². The summed E-state index contributed by atoms with van der Waals surface area (Å²) in [6.45, 7) is 3.72. The van der Waals surface area contributed by atoms with Gasteiger partial charge in [-0.3, -0.25) is 29.5 Å². The highest BCUT2D eigenvalue weighted by atomic mass is 35.5. The van der Waals surface area contributed by atoms with Crippen molar-refractivity contribution in [3.63, 3.8) is 0 Å². The van der Waals surface area contributed by atoms with Gasteiger partial charge in [0.25, 0.3) is 11.8 Å². The van der Waals surface area contributed by atoms with E-state index in [2.05, 4.69) is 12.0 Å². The Bertz CT molecular complexity index is 2150. The number of benzene rings is 4. The number of halogens is 2. The van der Waals surface area contributed by atoms with Crippen molar-refractivity contribution in [2.24, 2.45) is 23.7 Å². The molecule has 6 unspecified atom stereocenters. The van der Waals surface area contributed by atoms with Crippen LogP contribution < -0.4 is 15.1 Å². The zero-order valence-electron chi connectivity index (χ0n) is 28.5. The van der Waals surface area contributed by atoms with E-state index in [1.807, 2.05) is 18.2 Å². The van der Waals surface area contributed by atoms with Crippen molar-refractivity contribution < 1.29 is 33.4 Å². The molecule has 9 nitrogen and oxygen atoms in total. The van der Waals surface area contributed by atoms with Gasteiger partial charge in [0.05, 0.1) is 41.2 Å². The summed E-state index contributed by atoms with van der Waals surface area (Å²) in [5.41, 5.74) is 5.18. The Morgan fingerprint density at radius 1 is 0.887 bits per heavy atom. The number of hydrogen-bond donors (Lipinski definition) is 2. The summed E-state index contributed by atoms with van der Waals surface area (Å²) in [7, 11) is 0. The van der Waals surface area contributed by atoms with Crippen molar-refractivity contribution in [1.29, 1.82) is 0 Å². The van der Waals surface area contributed by atoms with Crippen molar-refractivity contribution in [2.75, 3.05) is 23.5 Å². The number of carbonyl (C=O) groups is 4. The van der Waals surface area contributed by atoms with E-state index in [4.69, 9.17) is 16.3 Å². The molecule has 0 spiro atoms. The first-order valence-electron chi connectivity index (χ1n) is 17.5. The van der Waals surface area contributed by atoms with Gasteiger partial charge in [0.2, 0.25) is 11.8 Å². The summed E-state index contributed by atoms with van der Waals surface area (Å²) in [6.07, 6.45) is 4.07. The summed E-state index contributed by atoms with van der Waals surface area (Å²) < 4.78 is 19.5. The van der Waals surface area contributed by atoms with Gasteiger partial charge in [-0.25, -0.2) is 4.39 Å². The van der Waals surface area contributed by atoms with Gasteiger partial charge in [0.15, 0.2) is 0 Å². The molecule has 2 aliphatic heterocycles. The lowest BCUT2D eigenvalue weighted by molar-refractivity contribution is -0.138. The number of rotatable bonds is 9. The maximum Gasteiger partial charge on any atom is 0.260 e. The lowest BCUT2D eigenvalue weighted by Crippen LogP contribution is -2.53. The zero-order chi connectivity index (χ0) is 37.0. The second-order valence-electron chi connectivity index (χ2n) is 13.8. The molecule has 53 heavy (non-hydrogen) atoms. The zero-order valence-corrected chi connectivity index (χ0v) is 29.2. The van der Waals surface area contributed by atoms with Crippen molar-refractivity contribution in [1.82, 2.24) is 5.01 Å². The Morgan fingerprint density at radius 2 is 1.58 bits per heavy atom. The summed E-state index contributed by atoms with van der Waals surface area (Å²) >= 11 is 6.37. The molecule has 2 N–H and O–H groups in total. The quantitative estimate of drug-likeness (QED) is 0.146. The molecule has 268 valence electrons. The summed E-state index contributed by atoms with van der Waals surface area (Å²) in [5, 5.41) is 10.8. The summed E-state index contributed by atoms with van der Waals surface area (Å²) in [4.78, 5) is 59.8. The maximum atomic E-state index is 15.2. The van der Waals surface area contributed by atoms with Crippen LogP contribution in [0.15, 0.2) is 115 Å². The minimum absolute atomic E-state index is 0.0931. The average Bonchev–Trinajstić information content (AvgIpc) is 3.56. The van der Waals surface area contributed by atoms with Crippen LogP contribution in [-0.4, -0.2) is 47.0 Å². The SMILES string of the molecule is C=Cc1ccc(N2C(=O)C3CC=C4C(CC5C(=O)N(Nc6ccc(F)cc6)C(=O)C5(c5ccc(Cl)cc5)C4c4ccc(OCCO)cc4)C3C2=O)cc1. The molecule has 4 aliphatic rings. The number of ether oxygens (including phenoxy) is 1. The molecule has 11 heteroatoms. The monoisotopic (exact) mass is 731 g/mol. The number of fused-ring (bicyclic) bond motifs is 4. The van der Waals surface area contributed by atoms with Crippen LogP contribution in [0.2, 0.25) is 5.02 Å². The third kappa shape index (κ3) is 5.47. The molecular weight excluding hydrogens is 697 g/mol. The molecule has 4 aromatic carbocycles. The van der Waals surface area contributed by atoms with Crippen molar-refractivity contribution in [3.8, 4) is 5.75 Å². The molecule has 3 fully saturated rings. The minimum Gasteiger partial charge on any atom is -0.491 e. The fourth-order valence-corrected chi connectivity index (χ4v) is 9.09. The average molecular weight is 732 g/mol. The molecule has 2 aliphatic carbocycles. The third-order valence-corrected chi connectivity index (χ3v) is 11.5. The molecule has 4 aromatic rings. The van der Waals surface area contributed by atoms with E-state index < -0.39 is 52.6 Å².